The third-order valence-electron chi connectivity index (χ3n) is 3.97. The molecule has 0 N–H and O–H groups in total. The maximum Gasteiger partial charge on any atom is 0.496 e. The van der Waals surface area contributed by atoms with Crippen LogP contribution >= 0.6 is 11.6 Å². The average molecular weight is 267 g/mol. The van der Waals surface area contributed by atoms with E-state index in [2.05, 4.69) is 6.07 Å². The molecule has 1 aliphatic heterocycles. The molecule has 2 nitrogen and oxygen atoms in total. The average Bonchev–Trinajstić information content (AvgIpc) is 2.32. The van der Waals surface area contributed by atoms with Gasteiger partial charge in [0.2, 0.25) is 0 Å². The lowest BCUT2D eigenvalue weighted by Gasteiger charge is -2.32. The van der Waals surface area contributed by atoms with Gasteiger partial charge in [0.25, 0.3) is 0 Å². The molecule has 1 aromatic carbocycles. The van der Waals surface area contributed by atoms with Gasteiger partial charge in [-0.3, -0.25) is 0 Å². The molecule has 1 heterocycles. The fraction of sp³-hybridized carbons (Fsp3) is 0.571. The second-order valence-electron chi connectivity index (χ2n) is 6.07. The molecule has 0 unspecified atom stereocenters. The Hall–Kier alpha value is -0.505. The lowest BCUT2D eigenvalue weighted by atomic mass is 9.75. The molecule has 1 aliphatic rings. The van der Waals surface area contributed by atoms with Crippen LogP contribution in [0.5, 0.6) is 0 Å². The van der Waals surface area contributed by atoms with Gasteiger partial charge in [-0.05, 0) is 58.7 Å². The van der Waals surface area contributed by atoms with E-state index in [1.807, 2.05) is 47.6 Å². The SMILES string of the molecule is Cc1cc(C)c(B2OC(C)(C)C(C)(C)O2)c(Cl)c1. The van der Waals surface area contributed by atoms with E-state index in [0.717, 1.165) is 16.6 Å². The maximum atomic E-state index is 6.34. The molecule has 0 saturated carbocycles. The standard InChI is InChI=1S/C14H20BClO2/c1-9-7-10(2)12(11(16)8-9)15-17-13(3,4)14(5,6)18-15/h7-8H,1-6H3. The Morgan fingerprint density at radius 2 is 1.50 bits per heavy atom. The highest BCUT2D eigenvalue weighted by Gasteiger charge is 2.52. The highest BCUT2D eigenvalue weighted by atomic mass is 35.5. The van der Waals surface area contributed by atoms with Gasteiger partial charge in [0.1, 0.15) is 0 Å². The summed E-state index contributed by atoms with van der Waals surface area (Å²) in [6, 6.07) is 4.06. The Morgan fingerprint density at radius 3 is 1.94 bits per heavy atom. The van der Waals surface area contributed by atoms with Gasteiger partial charge in [-0.1, -0.05) is 17.7 Å². The first kappa shape index (κ1) is 13.9. The minimum Gasteiger partial charge on any atom is -0.399 e. The van der Waals surface area contributed by atoms with Crippen molar-refractivity contribution in [3.8, 4) is 0 Å². The van der Waals surface area contributed by atoms with Crippen molar-refractivity contribution in [2.24, 2.45) is 0 Å². The zero-order valence-electron chi connectivity index (χ0n) is 11.9. The summed E-state index contributed by atoms with van der Waals surface area (Å²) >= 11 is 6.34. The van der Waals surface area contributed by atoms with Crippen molar-refractivity contribution in [3.63, 3.8) is 0 Å². The van der Waals surface area contributed by atoms with Crippen LogP contribution in [-0.4, -0.2) is 18.3 Å². The molecule has 18 heavy (non-hydrogen) atoms. The van der Waals surface area contributed by atoms with Crippen LogP contribution in [0.3, 0.4) is 0 Å². The van der Waals surface area contributed by atoms with Gasteiger partial charge in [-0.2, -0.15) is 0 Å². The summed E-state index contributed by atoms with van der Waals surface area (Å²) in [5.41, 5.74) is 2.54. The highest BCUT2D eigenvalue weighted by molar-refractivity contribution is 6.66. The summed E-state index contributed by atoms with van der Waals surface area (Å²) in [5.74, 6) is 0. The van der Waals surface area contributed by atoms with Crippen molar-refractivity contribution in [1.82, 2.24) is 0 Å². The topological polar surface area (TPSA) is 18.5 Å². The van der Waals surface area contributed by atoms with Crippen molar-refractivity contribution >= 4 is 24.2 Å². The highest BCUT2D eigenvalue weighted by Crippen LogP contribution is 2.37. The second-order valence-corrected chi connectivity index (χ2v) is 6.47. The van der Waals surface area contributed by atoms with Crippen LogP contribution in [0, 0.1) is 13.8 Å². The predicted molar refractivity (Wildman–Crippen MR) is 76.6 cm³/mol. The van der Waals surface area contributed by atoms with Crippen molar-refractivity contribution < 1.29 is 9.31 Å². The summed E-state index contributed by atoms with van der Waals surface area (Å²) in [6.45, 7) is 12.3. The van der Waals surface area contributed by atoms with Gasteiger partial charge >= 0.3 is 7.12 Å². The summed E-state index contributed by atoms with van der Waals surface area (Å²) < 4.78 is 12.1. The minimum atomic E-state index is -0.386. The molecule has 98 valence electrons. The lowest BCUT2D eigenvalue weighted by molar-refractivity contribution is 0.00578. The van der Waals surface area contributed by atoms with E-state index >= 15 is 0 Å². The van der Waals surface area contributed by atoms with Gasteiger partial charge in [-0.25, -0.2) is 0 Å². The largest absolute Gasteiger partial charge is 0.496 e. The van der Waals surface area contributed by atoms with E-state index < -0.39 is 0 Å². The first-order valence-corrected chi connectivity index (χ1v) is 6.64. The van der Waals surface area contributed by atoms with E-state index in [4.69, 9.17) is 20.9 Å². The molecule has 0 aliphatic carbocycles. The van der Waals surface area contributed by atoms with Crippen LogP contribution < -0.4 is 5.46 Å². The molecule has 0 radical (unpaired) electrons. The third kappa shape index (κ3) is 2.20. The first-order chi connectivity index (χ1) is 8.14. The first-order valence-electron chi connectivity index (χ1n) is 6.26. The summed E-state index contributed by atoms with van der Waals surface area (Å²) in [4.78, 5) is 0. The van der Waals surface area contributed by atoms with E-state index in [-0.39, 0.29) is 18.3 Å². The van der Waals surface area contributed by atoms with Crippen molar-refractivity contribution in [2.45, 2.75) is 52.7 Å². The van der Waals surface area contributed by atoms with Crippen molar-refractivity contribution in [1.29, 1.82) is 0 Å². The monoisotopic (exact) mass is 266 g/mol. The lowest BCUT2D eigenvalue weighted by Crippen LogP contribution is -2.41. The smallest absolute Gasteiger partial charge is 0.399 e. The predicted octanol–water partition coefficient (Wildman–Crippen LogP) is 3.26. The van der Waals surface area contributed by atoms with Crippen molar-refractivity contribution in [2.75, 3.05) is 0 Å². The molecule has 1 aromatic rings. The quantitative estimate of drug-likeness (QED) is 0.727. The molecular formula is C14H20BClO2. The molecule has 0 spiro atoms. The van der Waals surface area contributed by atoms with Crippen LogP contribution in [0.15, 0.2) is 12.1 Å². The van der Waals surface area contributed by atoms with Gasteiger partial charge in [0.15, 0.2) is 0 Å². The molecule has 1 saturated heterocycles. The summed E-state index contributed by atoms with van der Waals surface area (Å²) in [6.07, 6.45) is 0. The van der Waals surface area contributed by atoms with Gasteiger partial charge in [0.05, 0.1) is 11.2 Å². The summed E-state index contributed by atoms with van der Waals surface area (Å²) in [7, 11) is -0.386. The van der Waals surface area contributed by atoms with Gasteiger partial charge in [-0.15, -0.1) is 0 Å². The third-order valence-corrected chi connectivity index (χ3v) is 4.28. The van der Waals surface area contributed by atoms with Gasteiger partial charge in [0, 0.05) is 10.5 Å². The molecular weight excluding hydrogens is 246 g/mol. The van der Waals surface area contributed by atoms with Crippen molar-refractivity contribution in [3.05, 3.63) is 28.3 Å². The number of benzene rings is 1. The Bertz CT molecular complexity index is 444. The Balaban J connectivity index is 2.42. The van der Waals surface area contributed by atoms with Crippen LogP contribution in [-0.2, 0) is 9.31 Å². The molecule has 0 atom stereocenters. The van der Waals surface area contributed by atoms with E-state index in [0.29, 0.717) is 5.02 Å². The second kappa shape index (κ2) is 4.26. The molecule has 0 bridgehead atoms. The Morgan fingerprint density at radius 1 is 1.00 bits per heavy atom. The fourth-order valence-electron chi connectivity index (χ4n) is 2.19. The van der Waals surface area contributed by atoms with Crippen LogP contribution in [0.4, 0.5) is 0 Å². The molecule has 1 fully saturated rings. The Labute approximate surface area is 115 Å². The number of hydrogen-bond donors (Lipinski definition) is 0. The van der Waals surface area contributed by atoms with E-state index in [1.54, 1.807) is 0 Å². The zero-order valence-corrected chi connectivity index (χ0v) is 12.7. The zero-order chi connectivity index (χ0) is 13.7. The molecule has 0 aromatic heterocycles. The fourth-order valence-corrected chi connectivity index (χ4v) is 2.60. The Kier molecular flexibility index (Phi) is 3.29. The van der Waals surface area contributed by atoms with Gasteiger partial charge < -0.3 is 9.31 Å². The van der Waals surface area contributed by atoms with E-state index in [9.17, 15) is 0 Å². The van der Waals surface area contributed by atoms with E-state index in [1.165, 1.54) is 0 Å². The van der Waals surface area contributed by atoms with Crippen LogP contribution in [0.1, 0.15) is 38.8 Å². The van der Waals surface area contributed by atoms with Crippen LogP contribution in [0.2, 0.25) is 5.02 Å². The summed E-state index contributed by atoms with van der Waals surface area (Å²) in [5, 5.41) is 0.714. The molecule has 4 heteroatoms. The molecule has 0 amide bonds. The molecule has 2 rings (SSSR count). The van der Waals surface area contributed by atoms with Crippen LogP contribution in [0.25, 0.3) is 0 Å². The normalized spacial score (nSPS) is 21.4. The number of hydrogen-bond acceptors (Lipinski definition) is 2. The minimum absolute atomic E-state index is 0.335. The number of aryl methyl sites for hydroxylation is 2. The maximum absolute atomic E-state index is 6.34. The number of rotatable bonds is 1. The number of halogens is 1.